The third-order valence-corrected chi connectivity index (χ3v) is 3.03. The molecule has 18 heavy (non-hydrogen) atoms. The third kappa shape index (κ3) is 3.65. The molecule has 0 aromatic heterocycles. The van der Waals surface area contributed by atoms with Crippen molar-refractivity contribution in [2.75, 3.05) is 26.2 Å². The highest BCUT2D eigenvalue weighted by Crippen LogP contribution is 2.11. The lowest BCUT2D eigenvalue weighted by Gasteiger charge is -2.16. The van der Waals surface area contributed by atoms with Gasteiger partial charge in [-0.25, -0.2) is 4.79 Å². The third-order valence-electron chi connectivity index (χ3n) is 3.03. The molecule has 1 fully saturated rings. The maximum atomic E-state index is 11.7. The Labute approximate surface area is 108 Å². The second-order valence-electron chi connectivity index (χ2n) is 4.59. The van der Waals surface area contributed by atoms with Gasteiger partial charge < -0.3 is 15.0 Å². The summed E-state index contributed by atoms with van der Waals surface area (Å²) < 4.78 is 5.57. The van der Waals surface area contributed by atoms with Crippen LogP contribution in [0.1, 0.15) is 18.4 Å². The van der Waals surface area contributed by atoms with Gasteiger partial charge in [0, 0.05) is 13.1 Å². The van der Waals surface area contributed by atoms with Gasteiger partial charge in [0.2, 0.25) is 0 Å². The largest absolute Gasteiger partial charge is 0.492 e. The predicted molar refractivity (Wildman–Crippen MR) is 70.9 cm³/mol. The predicted octanol–water partition coefficient (Wildman–Crippen LogP) is 2.18. The molecule has 0 unspecified atom stereocenters. The number of ether oxygens (including phenoxy) is 1. The summed E-state index contributed by atoms with van der Waals surface area (Å²) in [6.07, 6.45) is 2.24. The van der Waals surface area contributed by atoms with Gasteiger partial charge >= 0.3 is 6.03 Å². The zero-order chi connectivity index (χ0) is 12.8. The van der Waals surface area contributed by atoms with Gasteiger partial charge in [0.25, 0.3) is 0 Å². The molecule has 0 aliphatic carbocycles. The average Bonchev–Trinajstić information content (AvgIpc) is 2.88. The summed E-state index contributed by atoms with van der Waals surface area (Å²) in [6.45, 7) is 4.84. The normalized spacial score (nSPS) is 14.6. The van der Waals surface area contributed by atoms with E-state index in [2.05, 4.69) is 5.32 Å². The van der Waals surface area contributed by atoms with Crippen molar-refractivity contribution in [1.82, 2.24) is 10.2 Å². The van der Waals surface area contributed by atoms with Crippen LogP contribution in [0.3, 0.4) is 0 Å². The number of nitrogens with zero attached hydrogens (tertiary/aromatic N) is 1. The number of benzene rings is 1. The first-order valence-electron chi connectivity index (χ1n) is 6.48. The number of urea groups is 1. The average molecular weight is 248 g/mol. The summed E-state index contributed by atoms with van der Waals surface area (Å²) in [5.74, 6) is 0.852. The van der Waals surface area contributed by atoms with Crippen LogP contribution in [0.5, 0.6) is 5.75 Å². The van der Waals surface area contributed by atoms with E-state index in [1.165, 1.54) is 5.56 Å². The minimum atomic E-state index is 0.0281. The number of rotatable bonds is 4. The van der Waals surface area contributed by atoms with Gasteiger partial charge in [0.1, 0.15) is 12.4 Å². The summed E-state index contributed by atoms with van der Waals surface area (Å²) >= 11 is 0. The molecule has 0 saturated carbocycles. The van der Waals surface area contributed by atoms with Crippen LogP contribution in [0.2, 0.25) is 0 Å². The molecule has 1 aromatic rings. The van der Waals surface area contributed by atoms with Gasteiger partial charge in [-0.2, -0.15) is 0 Å². The van der Waals surface area contributed by atoms with Crippen molar-refractivity contribution in [3.05, 3.63) is 29.8 Å². The van der Waals surface area contributed by atoms with E-state index in [1.807, 2.05) is 36.1 Å². The number of nitrogens with one attached hydrogen (secondary N) is 1. The number of hydrogen-bond donors (Lipinski definition) is 1. The van der Waals surface area contributed by atoms with Crippen molar-refractivity contribution < 1.29 is 9.53 Å². The van der Waals surface area contributed by atoms with Crippen molar-refractivity contribution >= 4 is 6.03 Å². The molecule has 0 atom stereocenters. The Kier molecular flexibility index (Phi) is 4.45. The second-order valence-corrected chi connectivity index (χ2v) is 4.59. The summed E-state index contributed by atoms with van der Waals surface area (Å²) in [6, 6.07) is 7.94. The topological polar surface area (TPSA) is 41.6 Å². The van der Waals surface area contributed by atoms with E-state index in [1.54, 1.807) is 0 Å². The lowest BCUT2D eigenvalue weighted by Crippen LogP contribution is -2.39. The number of likely N-dealkylation sites (tertiary alicyclic amines) is 1. The fourth-order valence-corrected chi connectivity index (χ4v) is 2.06. The highest BCUT2D eigenvalue weighted by molar-refractivity contribution is 5.74. The SMILES string of the molecule is Cc1cccc(OCCNC(=O)N2CCCC2)c1. The Bertz CT molecular complexity index is 401. The van der Waals surface area contributed by atoms with Crippen LogP contribution in [0.15, 0.2) is 24.3 Å². The van der Waals surface area contributed by atoms with Crippen molar-refractivity contribution in [3.63, 3.8) is 0 Å². The molecular weight excluding hydrogens is 228 g/mol. The number of hydrogen-bond acceptors (Lipinski definition) is 2. The van der Waals surface area contributed by atoms with Crippen molar-refractivity contribution in [2.24, 2.45) is 0 Å². The highest BCUT2D eigenvalue weighted by Gasteiger charge is 2.16. The van der Waals surface area contributed by atoms with Gasteiger partial charge in [-0.05, 0) is 37.5 Å². The maximum Gasteiger partial charge on any atom is 0.317 e. The van der Waals surface area contributed by atoms with Crippen molar-refractivity contribution in [2.45, 2.75) is 19.8 Å². The first-order chi connectivity index (χ1) is 8.75. The molecule has 0 radical (unpaired) electrons. The number of amides is 2. The molecule has 0 bridgehead atoms. The smallest absolute Gasteiger partial charge is 0.317 e. The van der Waals surface area contributed by atoms with Gasteiger partial charge in [0.15, 0.2) is 0 Å². The van der Waals surface area contributed by atoms with E-state index in [9.17, 15) is 4.79 Å². The Balaban J connectivity index is 1.65. The Morgan fingerprint density at radius 1 is 1.39 bits per heavy atom. The van der Waals surface area contributed by atoms with Crippen LogP contribution in [-0.4, -0.2) is 37.2 Å². The van der Waals surface area contributed by atoms with Crippen molar-refractivity contribution in [3.8, 4) is 5.75 Å². The molecule has 1 N–H and O–H groups in total. The molecule has 1 saturated heterocycles. The summed E-state index contributed by atoms with van der Waals surface area (Å²) in [5.41, 5.74) is 1.17. The van der Waals surface area contributed by atoms with Crippen molar-refractivity contribution in [1.29, 1.82) is 0 Å². The molecule has 0 spiro atoms. The molecule has 1 aliphatic heterocycles. The monoisotopic (exact) mass is 248 g/mol. The quantitative estimate of drug-likeness (QED) is 0.830. The maximum absolute atomic E-state index is 11.7. The first-order valence-corrected chi connectivity index (χ1v) is 6.48. The van der Waals surface area contributed by atoms with Crippen LogP contribution in [0, 0.1) is 6.92 Å². The standard InChI is InChI=1S/C14H20N2O2/c1-12-5-4-6-13(11-12)18-10-7-15-14(17)16-8-2-3-9-16/h4-6,11H,2-3,7-10H2,1H3,(H,15,17). The summed E-state index contributed by atoms with van der Waals surface area (Å²) in [4.78, 5) is 13.5. The molecule has 1 heterocycles. The van der Waals surface area contributed by atoms with Crippen LogP contribution in [-0.2, 0) is 0 Å². The molecule has 1 aliphatic rings. The molecule has 1 aromatic carbocycles. The minimum Gasteiger partial charge on any atom is -0.492 e. The van der Waals surface area contributed by atoms with Gasteiger partial charge in [0.05, 0.1) is 6.54 Å². The Morgan fingerprint density at radius 2 is 2.17 bits per heavy atom. The zero-order valence-corrected chi connectivity index (χ0v) is 10.8. The molecule has 2 rings (SSSR count). The van der Waals surface area contributed by atoms with E-state index in [0.29, 0.717) is 13.2 Å². The van der Waals surface area contributed by atoms with Crippen LogP contribution in [0.4, 0.5) is 4.79 Å². The molecule has 98 valence electrons. The number of carbonyl (C=O) groups is 1. The fraction of sp³-hybridized carbons (Fsp3) is 0.500. The van der Waals surface area contributed by atoms with Gasteiger partial charge in [-0.1, -0.05) is 12.1 Å². The minimum absolute atomic E-state index is 0.0281. The molecular formula is C14H20N2O2. The fourth-order valence-electron chi connectivity index (χ4n) is 2.06. The van der Waals surface area contributed by atoms with Crippen LogP contribution in [0.25, 0.3) is 0 Å². The molecule has 4 heteroatoms. The van der Waals surface area contributed by atoms with E-state index in [4.69, 9.17) is 4.74 Å². The zero-order valence-electron chi connectivity index (χ0n) is 10.8. The lowest BCUT2D eigenvalue weighted by molar-refractivity contribution is 0.205. The van der Waals surface area contributed by atoms with Crippen LogP contribution < -0.4 is 10.1 Å². The van der Waals surface area contributed by atoms with Gasteiger partial charge in [-0.15, -0.1) is 0 Å². The highest BCUT2D eigenvalue weighted by atomic mass is 16.5. The van der Waals surface area contributed by atoms with E-state index < -0.39 is 0 Å². The first kappa shape index (κ1) is 12.7. The van der Waals surface area contributed by atoms with E-state index in [-0.39, 0.29) is 6.03 Å². The molecule has 4 nitrogen and oxygen atoms in total. The lowest BCUT2D eigenvalue weighted by atomic mass is 10.2. The number of aryl methyl sites for hydroxylation is 1. The van der Waals surface area contributed by atoms with Crippen LogP contribution >= 0.6 is 0 Å². The van der Waals surface area contributed by atoms with E-state index >= 15 is 0 Å². The Hall–Kier alpha value is -1.71. The summed E-state index contributed by atoms with van der Waals surface area (Å²) in [5, 5.41) is 2.87. The second kappa shape index (κ2) is 6.28. The molecule has 2 amide bonds. The summed E-state index contributed by atoms with van der Waals surface area (Å²) in [7, 11) is 0. The van der Waals surface area contributed by atoms with Gasteiger partial charge in [-0.3, -0.25) is 0 Å². The van der Waals surface area contributed by atoms with E-state index in [0.717, 1.165) is 31.7 Å². The number of carbonyl (C=O) groups excluding carboxylic acids is 1. The Morgan fingerprint density at radius 3 is 2.89 bits per heavy atom.